The number of nitrogens with two attached hydrogens (primary N) is 1. The van der Waals surface area contributed by atoms with Crippen LogP contribution in [0.3, 0.4) is 0 Å². The molecule has 86 valence electrons. The van der Waals surface area contributed by atoms with Gasteiger partial charge in [0, 0.05) is 6.54 Å². The number of carbonyl (C=O) groups is 2. The molecule has 0 aromatic heterocycles. The Bertz CT molecular complexity index is 256. The summed E-state index contributed by atoms with van der Waals surface area (Å²) in [4.78, 5) is 23.0. The highest BCUT2D eigenvalue weighted by Gasteiger charge is 2.30. The first-order valence-corrected chi connectivity index (χ1v) is 4.97. The number of aliphatic carboxylic acids is 2. The number of carboxylic acid groups (broad SMARTS) is 2. The SMILES string of the molecule is N[C@@H](CCN1CCC[C@H]1C(=O)O)C(=O)O. The van der Waals surface area contributed by atoms with Gasteiger partial charge in [0.1, 0.15) is 12.1 Å². The Morgan fingerprint density at radius 2 is 2.13 bits per heavy atom. The van der Waals surface area contributed by atoms with Gasteiger partial charge >= 0.3 is 11.9 Å². The maximum Gasteiger partial charge on any atom is 0.320 e. The second kappa shape index (κ2) is 5.09. The van der Waals surface area contributed by atoms with Crippen molar-refractivity contribution in [2.75, 3.05) is 13.1 Å². The number of hydrogen-bond donors (Lipinski definition) is 3. The number of rotatable bonds is 5. The molecule has 15 heavy (non-hydrogen) atoms. The van der Waals surface area contributed by atoms with Crippen molar-refractivity contribution in [3.63, 3.8) is 0 Å². The molecule has 1 fully saturated rings. The molecule has 0 amide bonds. The standard InChI is InChI=1S/C9H16N2O4/c10-6(8(12)13)3-5-11-4-1-2-7(11)9(14)15/h6-7H,1-5,10H2,(H,12,13)(H,14,15)/t6-,7-/m0/s1. The predicted molar refractivity (Wildman–Crippen MR) is 52.5 cm³/mol. The van der Waals surface area contributed by atoms with Crippen molar-refractivity contribution >= 4 is 11.9 Å². The van der Waals surface area contributed by atoms with Crippen molar-refractivity contribution in [3.8, 4) is 0 Å². The summed E-state index contributed by atoms with van der Waals surface area (Å²) in [6.07, 6.45) is 1.77. The van der Waals surface area contributed by atoms with Gasteiger partial charge in [0.25, 0.3) is 0 Å². The summed E-state index contributed by atoms with van der Waals surface area (Å²) in [6.45, 7) is 1.15. The molecular formula is C9H16N2O4. The molecule has 2 atom stereocenters. The summed E-state index contributed by atoms with van der Waals surface area (Å²) in [7, 11) is 0. The lowest BCUT2D eigenvalue weighted by atomic mass is 10.2. The zero-order chi connectivity index (χ0) is 11.4. The van der Waals surface area contributed by atoms with Crippen LogP contribution < -0.4 is 5.73 Å². The number of carboxylic acids is 2. The van der Waals surface area contributed by atoms with E-state index in [9.17, 15) is 9.59 Å². The molecule has 0 aromatic rings. The molecular weight excluding hydrogens is 200 g/mol. The third-order valence-electron chi connectivity index (χ3n) is 2.69. The van der Waals surface area contributed by atoms with Crippen molar-refractivity contribution < 1.29 is 19.8 Å². The second-order valence-corrected chi connectivity index (χ2v) is 3.77. The minimum absolute atomic E-state index is 0.291. The zero-order valence-corrected chi connectivity index (χ0v) is 8.43. The van der Waals surface area contributed by atoms with E-state index in [2.05, 4.69) is 0 Å². The Morgan fingerprint density at radius 1 is 1.47 bits per heavy atom. The fourth-order valence-corrected chi connectivity index (χ4v) is 1.80. The smallest absolute Gasteiger partial charge is 0.320 e. The highest BCUT2D eigenvalue weighted by molar-refractivity contribution is 5.74. The molecule has 6 nitrogen and oxygen atoms in total. The second-order valence-electron chi connectivity index (χ2n) is 3.77. The van der Waals surface area contributed by atoms with Crippen LogP contribution >= 0.6 is 0 Å². The lowest BCUT2D eigenvalue weighted by Gasteiger charge is -2.21. The van der Waals surface area contributed by atoms with Crippen molar-refractivity contribution in [2.24, 2.45) is 5.73 Å². The normalized spacial score (nSPS) is 23.9. The maximum absolute atomic E-state index is 10.8. The van der Waals surface area contributed by atoms with Crippen LogP contribution in [0.5, 0.6) is 0 Å². The fraction of sp³-hybridized carbons (Fsp3) is 0.778. The van der Waals surface area contributed by atoms with E-state index in [0.717, 1.165) is 6.42 Å². The van der Waals surface area contributed by atoms with E-state index in [1.54, 1.807) is 4.90 Å². The first kappa shape index (κ1) is 11.9. The molecule has 1 aliphatic heterocycles. The zero-order valence-electron chi connectivity index (χ0n) is 8.43. The van der Waals surface area contributed by atoms with Gasteiger partial charge < -0.3 is 15.9 Å². The van der Waals surface area contributed by atoms with Gasteiger partial charge in [-0.1, -0.05) is 0 Å². The molecule has 0 unspecified atom stereocenters. The van der Waals surface area contributed by atoms with E-state index in [1.165, 1.54) is 0 Å². The molecule has 6 heteroatoms. The number of nitrogens with zero attached hydrogens (tertiary/aromatic N) is 1. The van der Waals surface area contributed by atoms with Crippen LogP contribution in [-0.2, 0) is 9.59 Å². The number of hydrogen-bond acceptors (Lipinski definition) is 4. The molecule has 0 aromatic carbocycles. The van der Waals surface area contributed by atoms with Crippen LogP contribution in [-0.4, -0.2) is 52.2 Å². The van der Waals surface area contributed by atoms with Crippen LogP contribution in [0.2, 0.25) is 0 Å². The average molecular weight is 216 g/mol. The Labute approximate surface area is 87.7 Å². The average Bonchev–Trinajstić information content (AvgIpc) is 2.61. The van der Waals surface area contributed by atoms with Gasteiger partial charge in [-0.2, -0.15) is 0 Å². The van der Waals surface area contributed by atoms with Gasteiger partial charge in [0.2, 0.25) is 0 Å². The van der Waals surface area contributed by atoms with Crippen LogP contribution in [0.1, 0.15) is 19.3 Å². The summed E-state index contributed by atoms with van der Waals surface area (Å²) >= 11 is 0. The highest BCUT2D eigenvalue weighted by Crippen LogP contribution is 2.17. The van der Waals surface area contributed by atoms with Gasteiger partial charge in [0.15, 0.2) is 0 Å². The molecule has 1 saturated heterocycles. The molecule has 0 bridgehead atoms. The van der Waals surface area contributed by atoms with Crippen molar-refractivity contribution in [1.82, 2.24) is 4.90 Å². The summed E-state index contributed by atoms with van der Waals surface area (Å²) in [5.41, 5.74) is 5.34. The van der Waals surface area contributed by atoms with Gasteiger partial charge in [-0.25, -0.2) is 0 Å². The monoisotopic (exact) mass is 216 g/mol. The summed E-state index contributed by atoms with van der Waals surface area (Å²) < 4.78 is 0. The molecule has 0 spiro atoms. The number of likely N-dealkylation sites (tertiary alicyclic amines) is 1. The lowest BCUT2D eigenvalue weighted by Crippen LogP contribution is -2.40. The van der Waals surface area contributed by atoms with Gasteiger partial charge in [-0.3, -0.25) is 14.5 Å². The highest BCUT2D eigenvalue weighted by atomic mass is 16.4. The fourth-order valence-electron chi connectivity index (χ4n) is 1.80. The molecule has 1 aliphatic rings. The summed E-state index contributed by atoms with van der Waals surface area (Å²) in [5.74, 6) is -1.88. The first-order valence-electron chi connectivity index (χ1n) is 4.97. The Hall–Kier alpha value is -1.14. The minimum atomic E-state index is -1.04. The molecule has 0 aliphatic carbocycles. The molecule has 1 rings (SSSR count). The topological polar surface area (TPSA) is 104 Å². The first-order chi connectivity index (χ1) is 7.02. The van der Waals surface area contributed by atoms with Crippen molar-refractivity contribution in [3.05, 3.63) is 0 Å². The lowest BCUT2D eigenvalue weighted by molar-refractivity contribution is -0.142. The summed E-state index contributed by atoms with van der Waals surface area (Å²) in [5, 5.41) is 17.4. The van der Waals surface area contributed by atoms with Crippen LogP contribution in [0.4, 0.5) is 0 Å². The van der Waals surface area contributed by atoms with Gasteiger partial charge in [-0.15, -0.1) is 0 Å². The Morgan fingerprint density at radius 3 is 2.67 bits per heavy atom. The largest absolute Gasteiger partial charge is 0.480 e. The van der Waals surface area contributed by atoms with E-state index in [0.29, 0.717) is 25.9 Å². The minimum Gasteiger partial charge on any atom is -0.480 e. The molecule has 4 N–H and O–H groups in total. The Kier molecular flexibility index (Phi) is 4.05. The van der Waals surface area contributed by atoms with Gasteiger partial charge in [-0.05, 0) is 25.8 Å². The summed E-state index contributed by atoms with van der Waals surface area (Å²) in [6, 6.07) is -1.37. The van der Waals surface area contributed by atoms with Crippen LogP contribution in [0, 0.1) is 0 Å². The van der Waals surface area contributed by atoms with E-state index in [-0.39, 0.29) is 0 Å². The quantitative estimate of drug-likeness (QED) is 0.563. The molecule has 0 saturated carbocycles. The Balaban J connectivity index is 2.38. The van der Waals surface area contributed by atoms with E-state index >= 15 is 0 Å². The maximum atomic E-state index is 10.8. The van der Waals surface area contributed by atoms with Crippen molar-refractivity contribution in [1.29, 1.82) is 0 Å². The van der Waals surface area contributed by atoms with E-state index < -0.39 is 24.0 Å². The molecule has 0 radical (unpaired) electrons. The van der Waals surface area contributed by atoms with E-state index in [1.807, 2.05) is 0 Å². The third-order valence-corrected chi connectivity index (χ3v) is 2.69. The van der Waals surface area contributed by atoms with Crippen LogP contribution in [0.15, 0.2) is 0 Å². The van der Waals surface area contributed by atoms with Crippen molar-refractivity contribution in [2.45, 2.75) is 31.3 Å². The molecule has 1 heterocycles. The third kappa shape index (κ3) is 3.17. The predicted octanol–water partition coefficient (Wildman–Crippen LogP) is -0.663. The van der Waals surface area contributed by atoms with Gasteiger partial charge in [0.05, 0.1) is 0 Å². The van der Waals surface area contributed by atoms with E-state index in [4.69, 9.17) is 15.9 Å². The van der Waals surface area contributed by atoms with Crippen LogP contribution in [0.25, 0.3) is 0 Å².